The first-order valence-electron chi connectivity index (χ1n) is 11.8. The second-order valence-corrected chi connectivity index (χ2v) is 9.47. The Balaban J connectivity index is 1.29. The predicted octanol–water partition coefficient (Wildman–Crippen LogP) is 6.12. The molecule has 2 aromatic carbocycles. The van der Waals surface area contributed by atoms with Crippen molar-refractivity contribution in [3.63, 3.8) is 0 Å². The van der Waals surface area contributed by atoms with Crippen molar-refractivity contribution in [3.05, 3.63) is 53.5 Å². The monoisotopic (exact) mass is 510 g/mol. The van der Waals surface area contributed by atoms with E-state index in [2.05, 4.69) is 9.97 Å². The van der Waals surface area contributed by atoms with Crippen LogP contribution in [0.15, 0.2) is 47.8 Å². The lowest BCUT2D eigenvalue weighted by Crippen LogP contribution is -2.07. The number of ether oxygens (including phenoxy) is 4. The lowest BCUT2D eigenvalue weighted by molar-refractivity contribution is -0.138. The van der Waals surface area contributed by atoms with Crippen LogP contribution in [0.4, 0.5) is 0 Å². The van der Waals surface area contributed by atoms with Gasteiger partial charge in [-0.15, -0.1) is 11.3 Å². The number of methoxy groups -OCH3 is 1. The first kappa shape index (κ1) is 25.4. The normalized spacial score (nSPS) is 12.0. The van der Waals surface area contributed by atoms with Gasteiger partial charge in [-0.3, -0.25) is 4.79 Å². The van der Waals surface area contributed by atoms with Crippen LogP contribution in [0.5, 0.6) is 23.1 Å². The molecule has 0 radical (unpaired) electrons. The highest BCUT2D eigenvalue weighted by molar-refractivity contribution is 7.13. The third-order valence-corrected chi connectivity index (χ3v) is 6.38. The highest BCUT2D eigenvalue weighted by atomic mass is 32.1. The van der Waals surface area contributed by atoms with Gasteiger partial charge in [-0.1, -0.05) is 0 Å². The van der Waals surface area contributed by atoms with Crippen molar-refractivity contribution in [1.82, 2.24) is 9.97 Å². The summed E-state index contributed by atoms with van der Waals surface area (Å²) in [4.78, 5) is 18.9. The van der Waals surface area contributed by atoms with Gasteiger partial charge in [-0.05, 0) is 63.2 Å². The molecule has 190 valence electrons. The molecule has 0 amide bonds. The van der Waals surface area contributed by atoms with Crippen molar-refractivity contribution < 1.29 is 28.8 Å². The maximum Gasteiger partial charge on any atom is 0.312 e. The average molecular weight is 511 g/mol. The topological polar surface area (TPSA) is 103 Å². The van der Waals surface area contributed by atoms with Gasteiger partial charge in [-0.2, -0.15) is 0 Å². The molecule has 4 aromatic rings. The Bertz CT molecular complexity index is 1330. The summed E-state index contributed by atoms with van der Waals surface area (Å²) in [5, 5.41) is 12.9. The van der Waals surface area contributed by atoms with Crippen LogP contribution < -0.4 is 18.9 Å². The van der Waals surface area contributed by atoms with E-state index in [4.69, 9.17) is 18.9 Å². The molecular weight excluding hydrogens is 480 g/mol. The van der Waals surface area contributed by atoms with Crippen molar-refractivity contribution in [1.29, 1.82) is 0 Å². The number of aromatic amines is 1. The fraction of sp³-hybridized carbons (Fsp3) is 0.333. The lowest BCUT2D eigenvalue weighted by atomic mass is 10.1. The van der Waals surface area contributed by atoms with Crippen LogP contribution in [0.25, 0.3) is 21.5 Å². The van der Waals surface area contributed by atoms with E-state index in [1.54, 1.807) is 14.0 Å². The van der Waals surface area contributed by atoms with Gasteiger partial charge in [0.15, 0.2) is 11.5 Å². The summed E-state index contributed by atoms with van der Waals surface area (Å²) in [6.45, 7) is 6.54. The molecule has 0 spiro atoms. The highest BCUT2D eigenvalue weighted by Crippen LogP contribution is 2.35. The average Bonchev–Trinajstić information content (AvgIpc) is 3.49. The lowest BCUT2D eigenvalue weighted by Gasteiger charge is -2.12. The second-order valence-electron chi connectivity index (χ2n) is 8.61. The summed E-state index contributed by atoms with van der Waals surface area (Å²) in [5.74, 6) is 1.18. The number of fused-ring (bicyclic) bond motifs is 1. The van der Waals surface area contributed by atoms with Crippen molar-refractivity contribution in [2.75, 3.05) is 20.3 Å². The van der Waals surface area contributed by atoms with E-state index in [1.165, 1.54) is 11.3 Å². The number of carboxylic acids is 1. The minimum Gasteiger partial charge on any atom is -0.493 e. The number of carboxylic acid groups (broad SMARTS) is 1. The standard InChI is InChI=1S/C27H30N2O6S/c1-16(2)35-25-15-36-26(29-25)18-6-9-23(24(14-18)32-4)34-11-5-10-33-20-7-8-21-19(12-20)13-22(28-21)17(3)27(30)31/h6-9,12-17,28H,5,10-11H2,1-4H3,(H,30,31). The van der Waals surface area contributed by atoms with Crippen LogP contribution in [-0.2, 0) is 4.79 Å². The van der Waals surface area contributed by atoms with Gasteiger partial charge in [-0.25, -0.2) is 4.98 Å². The molecule has 9 heteroatoms. The summed E-state index contributed by atoms with van der Waals surface area (Å²) in [7, 11) is 1.62. The second kappa shape index (κ2) is 11.3. The fourth-order valence-electron chi connectivity index (χ4n) is 3.63. The van der Waals surface area contributed by atoms with E-state index in [0.29, 0.717) is 42.7 Å². The number of hydrogen-bond donors (Lipinski definition) is 2. The van der Waals surface area contributed by atoms with Crippen LogP contribution in [-0.4, -0.2) is 47.5 Å². The third-order valence-electron chi connectivity index (χ3n) is 5.52. The Morgan fingerprint density at radius 1 is 1.06 bits per heavy atom. The zero-order valence-corrected chi connectivity index (χ0v) is 21.6. The number of aliphatic carboxylic acids is 1. The maximum absolute atomic E-state index is 11.2. The van der Waals surface area contributed by atoms with Gasteiger partial charge in [0, 0.05) is 28.6 Å². The quantitative estimate of drug-likeness (QED) is 0.221. The first-order chi connectivity index (χ1) is 17.3. The predicted molar refractivity (Wildman–Crippen MR) is 140 cm³/mol. The molecule has 1 unspecified atom stereocenters. The molecule has 2 heterocycles. The summed E-state index contributed by atoms with van der Waals surface area (Å²) in [6.07, 6.45) is 0.756. The van der Waals surface area contributed by atoms with Gasteiger partial charge in [0.1, 0.15) is 10.8 Å². The molecule has 0 aliphatic carbocycles. The molecule has 2 N–H and O–H groups in total. The number of H-pyrrole nitrogens is 1. The van der Waals surface area contributed by atoms with Crippen molar-refractivity contribution in [2.24, 2.45) is 0 Å². The van der Waals surface area contributed by atoms with Crippen molar-refractivity contribution >= 4 is 28.2 Å². The Hall–Kier alpha value is -3.72. The molecular formula is C27H30N2O6S. The molecule has 36 heavy (non-hydrogen) atoms. The Morgan fingerprint density at radius 2 is 1.86 bits per heavy atom. The number of benzene rings is 2. The van der Waals surface area contributed by atoms with Crippen LogP contribution in [0.3, 0.4) is 0 Å². The van der Waals surface area contributed by atoms with Gasteiger partial charge in [0.05, 0.1) is 37.7 Å². The molecule has 0 saturated carbocycles. The molecule has 0 saturated heterocycles. The van der Waals surface area contributed by atoms with E-state index in [9.17, 15) is 9.90 Å². The number of hydrogen-bond acceptors (Lipinski definition) is 7. The zero-order chi connectivity index (χ0) is 25.7. The minimum atomic E-state index is -0.863. The maximum atomic E-state index is 11.2. The molecule has 0 fully saturated rings. The van der Waals surface area contributed by atoms with Gasteiger partial charge >= 0.3 is 5.97 Å². The SMILES string of the molecule is COc1cc(-c2nc(OC(C)C)cs2)ccc1OCCCOc1ccc2[nH]c(C(C)C(=O)O)cc2c1. The smallest absolute Gasteiger partial charge is 0.312 e. The van der Waals surface area contributed by atoms with E-state index in [1.807, 2.05) is 61.7 Å². The zero-order valence-electron chi connectivity index (χ0n) is 20.7. The van der Waals surface area contributed by atoms with Gasteiger partial charge in [0.2, 0.25) is 5.88 Å². The fourth-order valence-corrected chi connectivity index (χ4v) is 4.35. The Kier molecular flexibility index (Phi) is 8.00. The van der Waals surface area contributed by atoms with Crippen LogP contribution >= 0.6 is 11.3 Å². The van der Waals surface area contributed by atoms with E-state index < -0.39 is 11.9 Å². The first-order valence-corrected chi connectivity index (χ1v) is 12.6. The molecule has 0 bridgehead atoms. The van der Waals surface area contributed by atoms with E-state index >= 15 is 0 Å². The summed E-state index contributed by atoms with van der Waals surface area (Å²) in [5.41, 5.74) is 2.49. The van der Waals surface area contributed by atoms with Gasteiger partial charge < -0.3 is 29.0 Å². The number of rotatable bonds is 12. The number of nitrogens with zero attached hydrogens (tertiary/aromatic N) is 1. The molecule has 4 rings (SSSR count). The highest BCUT2D eigenvalue weighted by Gasteiger charge is 2.16. The third kappa shape index (κ3) is 6.09. The summed E-state index contributed by atoms with van der Waals surface area (Å²) >= 11 is 1.52. The van der Waals surface area contributed by atoms with Crippen LogP contribution in [0.2, 0.25) is 0 Å². The minimum absolute atomic E-state index is 0.0753. The van der Waals surface area contributed by atoms with E-state index in [-0.39, 0.29) is 6.10 Å². The summed E-state index contributed by atoms with van der Waals surface area (Å²) < 4.78 is 23.0. The Labute approximate surface area is 213 Å². The van der Waals surface area contributed by atoms with Crippen LogP contribution in [0.1, 0.15) is 38.8 Å². The molecule has 0 aliphatic heterocycles. The molecule has 1 atom stereocenters. The van der Waals surface area contributed by atoms with E-state index in [0.717, 1.165) is 27.2 Å². The Morgan fingerprint density at radius 3 is 2.61 bits per heavy atom. The van der Waals surface area contributed by atoms with Crippen LogP contribution in [0, 0.1) is 0 Å². The van der Waals surface area contributed by atoms with Crippen molar-refractivity contribution in [2.45, 2.75) is 39.2 Å². The summed E-state index contributed by atoms with van der Waals surface area (Å²) in [6, 6.07) is 13.3. The number of carbonyl (C=O) groups is 1. The van der Waals surface area contributed by atoms with Crippen molar-refractivity contribution in [3.8, 4) is 33.7 Å². The number of nitrogens with one attached hydrogen (secondary N) is 1. The molecule has 0 aliphatic rings. The number of aromatic nitrogens is 2. The number of thiazole rings is 1. The largest absolute Gasteiger partial charge is 0.493 e. The molecule has 8 nitrogen and oxygen atoms in total. The van der Waals surface area contributed by atoms with Gasteiger partial charge in [0.25, 0.3) is 0 Å². The molecule has 2 aromatic heterocycles.